The summed E-state index contributed by atoms with van der Waals surface area (Å²) in [6.45, 7) is 1.86. The van der Waals surface area contributed by atoms with Gasteiger partial charge in [0.15, 0.2) is 18.1 Å². The monoisotopic (exact) mass is 392 g/mol. The number of anilines is 1. The Balaban J connectivity index is 1.54. The van der Waals surface area contributed by atoms with Gasteiger partial charge in [0.2, 0.25) is 0 Å². The molecule has 148 valence electrons. The maximum Gasteiger partial charge on any atom is 0.276 e. The molecule has 4 rings (SSSR count). The number of fused-ring (bicyclic) bond motifs is 1. The highest BCUT2D eigenvalue weighted by atomic mass is 16.5. The second-order valence-electron chi connectivity index (χ2n) is 6.61. The highest BCUT2D eigenvalue weighted by molar-refractivity contribution is 5.96. The molecule has 2 aromatic carbocycles. The predicted octanol–water partition coefficient (Wildman–Crippen LogP) is 2.70. The molecule has 0 spiro atoms. The molecular weight excluding hydrogens is 372 g/mol. The van der Waals surface area contributed by atoms with Gasteiger partial charge in [-0.2, -0.15) is 5.10 Å². The fourth-order valence-corrected chi connectivity index (χ4v) is 3.10. The van der Waals surface area contributed by atoms with E-state index in [9.17, 15) is 9.59 Å². The summed E-state index contributed by atoms with van der Waals surface area (Å²) in [7, 11) is 1.50. The maximum absolute atomic E-state index is 12.8. The number of hydrogen-bond acceptors (Lipinski definition) is 5. The predicted molar refractivity (Wildman–Crippen MR) is 107 cm³/mol. The highest BCUT2D eigenvalue weighted by Crippen LogP contribution is 2.30. The molecule has 1 atom stereocenters. The summed E-state index contributed by atoms with van der Waals surface area (Å²) in [5, 5.41) is 10.1. The molecule has 1 aliphatic heterocycles. The van der Waals surface area contributed by atoms with Crippen molar-refractivity contribution < 1.29 is 19.1 Å². The van der Waals surface area contributed by atoms with Gasteiger partial charge in [-0.3, -0.25) is 9.59 Å². The van der Waals surface area contributed by atoms with Crippen LogP contribution >= 0.6 is 0 Å². The Labute approximate surface area is 167 Å². The van der Waals surface area contributed by atoms with E-state index in [1.54, 1.807) is 23.0 Å². The Hall–Kier alpha value is -3.81. The van der Waals surface area contributed by atoms with E-state index in [1.165, 1.54) is 7.11 Å². The van der Waals surface area contributed by atoms with Gasteiger partial charge in [-0.25, -0.2) is 4.68 Å². The minimum atomic E-state index is -0.359. The molecule has 2 amide bonds. The lowest BCUT2D eigenvalue weighted by atomic mass is 10.1. The quantitative estimate of drug-likeness (QED) is 0.696. The number of para-hydroxylation sites is 1. The number of amides is 2. The molecule has 29 heavy (non-hydrogen) atoms. The van der Waals surface area contributed by atoms with E-state index in [2.05, 4.69) is 15.7 Å². The summed E-state index contributed by atoms with van der Waals surface area (Å²) in [5.41, 5.74) is 2.43. The van der Waals surface area contributed by atoms with Crippen molar-refractivity contribution in [3.63, 3.8) is 0 Å². The van der Waals surface area contributed by atoms with E-state index in [-0.39, 0.29) is 30.2 Å². The number of methoxy groups -OCH3 is 1. The first-order valence-corrected chi connectivity index (χ1v) is 9.11. The van der Waals surface area contributed by atoms with Crippen LogP contribution < -0.4 is 20.1 Å². The van der Waals surface area contributed by atoms with Crippen LogP contribution in [-0.4, -0.2) is 35.3 Å². The summed E-state index contributed by atoms with van der Waals surface area (Å²) in [4.78, 5) is 24.4. The first-order chi connectivity index (χ1) is 14.0. The van der Waals surface area contributed by atoms with E-state index in [1.807, 2.05) is 43.3 Å². The van der Waals surface area contributed by atoms with Crippen molar-refractivity contribution in [3.8, 4) is 17.2 Å². The first kappa shape index (κ1) is 18.5. The Morgan fingerprint density at radius 2 is 2.07 bits per heavy atom. The molecule has 3 aromatic rings. The van der Waals surface area contributed by atoms with Crippen molar-refractivity contribution in [3.05, 3.63) is 66.0 Å². The third kappa shape index (κ3) is 3.77. The van der Waals surface area contributed by atoms with Gasteiger partial charge >= 0.3 is 0 Å². The lowest BCUT2D eigenvalue weighted by molar-refractivity contribution is -0.118. The zero-order valence-electron chi connectivity index (χ0n) is 16.0. The van der Waals surface area contributed by atoms with Crippen LogP contribution in [0.2, 0.25) is 0 Å². The summed E-state index contributed by atoms with van der Waals surface area (Å²) in [6, 6.07) is 14.6. The third-order valence-corrected chi connectivity index (χ3v) is 4.62. The average Bonchev–Trinajstić information content (AvgIpc) is 3.18. The van der Waals surface area contributed by atoms with Crippen molar-refractivity contribution in [1.82, 2.24) is 15.1 Å². The van der Waals surface area contributed by atoms with Crippen LogP contribution in [0.5, 0.6) is 11.5 Å². The number of carbonyl (C=O) groups excluding carboxylic acids is 2. The number of benzene rings is 2. The SMILES string of the molecule is COc1cn(-c2ccccc2)nc1C(=O)NC(C)c1ccc2c(c1)NC(=O)CO2. The summed E-state index contributed by atoms with van der Waals surface area (Å²) < 4.78 is 12.3. The fraction of sp³-hybridized carbons (Fsp3) is 0.190. The maximum atomic E-state index is 12.8. The number of carbonyl (C=O) groups is 2. The lowest BCUT2D eigenvalue weighted by Gasteiger charge is -2.20. The van der Waals surface area contributed by atoms with Crippen LogP contribution in [0, 0.1) is 0 Å². The van der Waals surface area contributed by atoms with E-state index >= 15 is 0 Å². The number of ether oxygens (including phenoxy) is 2. The molecule has 0 saturated heterocycles. The number of hydrogen-bond donors (Lipinski definition) is 2. The second-order valence-corrected chi connectivity index (χ2v) is 6.61. The molecule has 0 fully saturated rings. The summed E-state index contributed by atoms with van der Waals surface area (Å²) in [6.07, 6.45) is 1.67. The van der Waals surface area contributed by atoms with Crippen molar-refractivity contribution in [2.45, 2.75) is 13.0 Å². The van der Waals surface area contributed by atoms with Gasteiger partial charge in [-0.1, -0.05) is 24.3 Å². The van der Waals surface area contributed by atoms with Crippen LogP contribution in [0.25, 0.3) is 5.69 Å². The molecule has 0 radical (unpaired) electrons. The van der Waals surface area contributed by atoms with E-state index in [4.69, 9.17) is 9.47 Å². The molecular formula is C21H20N4O4. The number of rotatable bonds is 5. The van der Waals surface area contributed by atoms with Crippen LogP contribution in [0.1, 0.15) is 29.0 Å². The van der Waals surface area contributed by atoms with Crippen molar-refractivity contribution in [2.75, 3.05) is 19.0 Å². The molecule has 0 aliphatic carbocycles. The van der Waals surface area contributed by atoms with Gasteiger partial charge in [0, 0.05) is 0 Å². The Morgan fingerprint density at radius 1 is 1.28 bits per heavy atom. The number of nitrogens with one attached hydrogen (secondary N) is 2. The molecule has 8 heteroatoms. The minimum absolute atomic E-state index is 0.00248. The first-order valence-electron chi connectivity index (χ1n) is 9.11. The number of aromatic nitrogens is 2. The molecule has 2 heterocycles. The zero-order chi connectivity index (χ0) is 20.4. The summed E-state index contributed by atoms with van der Waals surface area (Å²) >= 11 is 0. The number of nitrogens with zero attached hydrogens (tertiary/aromatic N) is 2. The lowest BCUT2D eigenvalue weighted by Crippen LogP contribution is -2.28. The Morgan fingerprint density at radius 3 is 2.83 bits per heavy atom. The van der Waals surface area contributed by atoms with E-state index < -0.39 is 0 Å². The standard InChI is InChI=1S/C21H20N4O4/c1-13(14-8-9-17-16(10-14)23-19(26)12-29-17)22-21(27)20-18(28-2)11-25(24-20)15-6-4-3-5-7-15/h3-11,13H,12H2,1-2H3,(H,22,27)(H,23,26). The van der Waals surface area contributed by atoms with Gasteiger partial charge in [0.05, 0.1) is 30.7 Å². The van der Waals surface area contributed by atoms with Crippen molar-refractivity contribution in [2.24, 2.45) is 0 Å². The van der Waals surface area contributed by atoms with Gasteiger partial charge in [-0.15, -0.1) is 0 Å². The van der Waals surface area contributed by atoms with Gasteiger partial charge < -0.3 is 20.1 Å². The summed E-state index contributed by atoms with van der Waals surface area (Å²) in [5.74, 6) is 0.421. The molecule has 0 saturated carbocycles. The van der Waals surface area contributed by atoms with Crippen molar-refractivity contribution >= 4 is 17.5 Å². The third-order valence-electron chi connectivity index (χ3n) is 4.62. The fourth-order valence-electron chi connectivity index (χ4n) is 3.10. The normalized spacial score (nSPS) is 13.7. The van der Waals surface area contributed by atoms with Gasteiger partial charge in [0.1, 0.15) is 5.75 Å². The molecule has 1 aliphatic rings. The smallest absolute Gasteiger partial charge is 0.276 e. The topological polar surface area (TPSA) is 94.5 Å². The zero-order valence-corrected chi connectivity index (χ0v) is 16.0. The van der Waals surface area contributed by atoms with Gasteiger partial charge in [0.25, 0.3) is 11.8 Å². The van der Waals surface area contributed by atoms with Gasteiger partial charge in [-0.05, 0) is 36.8 Å². The van der Waals surface area contributed by atoms with Crippen LogP contribution in [0.3, 0.4) is 0 Å². The molecule has 0 bridgehead atoms. The van der Waals surface area contributed by atoms with Crippen LogP contribution in [0.15, 0.2) is 54.7 Å². The Kier molecular flexibility index (Phi) is 4.90. The van der Waals surface area contributed by atoms with E-state index in [0.717, 1.165) is 11.3 Å². The largest absolute Gasteiger partial charge is 0.493 e. The average molecular weight is 392 g/mol. The Bertz CT molecular complexity index is 1060. The molecule has 2 N–H and O–H groups in total. The van der Waals surface area contributed by atoms with Crippen LogP contribution in [-0.2, 0) is 4.79 Å². The molecule has 1 unspecified atom stereocenters. The highest BCUT2D eigenvalue weighted by Gasteiger charge is 2.22. The minimum Gasteiger partial charge on any atom is -0.493 e. The molecule has 8 nitrogen and oxygen atoms in total. The van der Waals surface area contributed by atoms with Crippen LogP contribution in [0.4, 0.5) is 5.69 Å². The van der Waals surface area contributed by atoms with Crippen molar-refractivity contribution in [1.29, 1.82) is 0 Å². The van der Waals surface area contributed by atoms with E-state index in [0.29, 0.717) is 17.2 Å². The second kappa shape index (κ2) is 7.67. The molecule has 1 aromatic heterocycles.